The molecule has 0 aromatic heterocycles. The van der Waals surface area contributed by atoms with Gasteiger partial charge in [0.05, 0.1) is 0 Å². The summed E-state index contributed by atoms with van der Waals surface area (Å²) in [5.41, 5.74) is 3.05. The quantitative estimate of drug-likeness (QED) is 0.485. The molecule has 0 saturated carbocycles. The molecule has 1 atom stereocenters. The number of allylic oxidation sites excluding steroid dienone is 1. The lowest BCUT2D eigenvalue weighted by molar-refractivity contribution is 0.112. The maximum Gasteiger partial charge on any atom is 0.0464 e. The summed E-state index contributed by atoms with van der Waals surface area (Å²) < 4.78 is 5.26. The minimum atomic E-state index is 0.185. The van der Waals surface area contributed by atoms with Crippen LogP contribution < -0.4 is 0 Å². The molecule has 1 aliphatic heterocycles. The van der Waals surface area contributed by atoms with Crippen LogP contribution in [0, 0.1) is 5.92 Å². The molecule has 1 aromatic carbocycles. The number of hydrogen-bond acceptors (Lipinski definition) is 2. The Hall–Kier alpha value is -1.12. The second-order valence-electron chi connectivity index (χ2n) is 8.53. The van der Waals surface area contributed by atoms with Crippen LogP contribution in [0.3, 0.4) is 0 Å². The van der Waals surface area contributed by atoms with Crippen molar-refractivity contribution in [3.05, 3.63) is 47.5 Å². The minimum Gasteiger partial charge on any atom is -0.385 e. The van der Waals surface area contributed by atoms with Gasteiger partial charge in [-0.3, -0.25) is 4.90 Å². The van der Waals surface area contributed by atoms with Gasteiger partial charge in [-0.05, 0) is 69.5 Å². The van der Waals surface area contributed by atoms with Crippen LogP contribution in [-0.2, 0) is 10.2 Å². The first kappa shape index (κ1) is 23.9. The Morgan fingerprint density at radius 3 is 2.26 bits per heavy atom. The molecule has 0 N–H and O–H groups in total. The third-order valence-corrected chi connectivity index (χ3v) is 5.65. The molecule has 0 spiro atoms. The fourth-order valence-corrected chi connectivity index (χ4v) is 4.07. The van der Waals surface area contributed by atoms with Gasteiger partial charge >= 0.3 is 0 Å². The molecule has 0 bridgehead atoms. The van der Waals surface area contributed by atoms with E-state index >= 15 is 0 Å². The van der Waals surface area contributed by atoms with E-state index in [4.69, 9.17) is 4.74 Å². The van der Waals surface area contributed by atoms with Crippen molar-refractivity contribution in [2.45, 2.75) is 78.7 Å². The SMILES string of the molecule is CC.COCCC1CCN(C(C=C(C)C)CC(C)(C)c2ccccc2)CC1. The molecule has 1 aliphatic rings. The van der Waals surface area contributed by atoms with E-state index in [9.17, 15) is 0 Å². The lowest BCUT2D eigenvalue weighted by Crippen LogP contribution is -2.43. The zero-order valence-electron chi connectivity index (χ0n) is 18.9. The van der Waals surface area contributed by atoms with Gasteiger partial charge in [-0.25, -0.2) is 0 Å². The van der Waals surface area contributed by atoms with Crippen LogP contribution >= 0.6 is 0 Å². The van der Waals surface area contributed by atoms with Crippen molar-refractivity contribution < 1.29 is 4.74 Å². The van der Waals surface area contributed by atoms with E-state index in [-0.39, 0.29) is 5.41 Å². The molecule has 2 heteroatoms. The van der Waals surface area contributed by atoms with Crippen LogP contribution in [-0.4, -0.2) is 37.7 Å². The summed E-state index contributed by atoms with van der Waals surface area (Å²) in [6.07, 6.45) is 7.49. The highest BCUT2D eigenvalue weighted by Crippen LogP contribution is 2.32. The monoisotopic (exact) mass is 373 g/mol. The number of methoxy groups -OCH3 is 1. The zero-order valence-corrected chi connectivity index (χ0v) is 18.9. The fraction of sp³-hybridized carbons (Fsp3) is 0.680. The molecule has 1 heterocycles. The van der Waals surface area contributed by atoms with Gasteiger partial charge in [-0.15, -0.1) is 0 Å². The van der Waals surface area contributed by atoms with E-state index in [0.717, 1.165) is 12.5 Å². The Morgan fingerprint density at radius 2 is 1.74 bits per heavy atom. The molecule has 0 amide bonds. The Labute approximate surface area is 169 Å². The van der Waals surface area contributed by atoms with E-state index in [1.165, 1.54) is 49.9 Å². The zero-order chi connectivity index (χ0) is 20.3. The maximum absolute atomic E-state index is 5.26. The molecular formula is C25H43NO. The van der Waals surface area contributed by atoms with Crippen molar-refractivity contribution in [1.29, 1.82) is 0 Å². The molecule has 0 aliphatic carbocycles. The van der Waals surface area contributed by atoms with Gasteiger partial charge in [0.1, 0.15) is 0 Å². The van der Waals surface area contributed by atoms with Crippen LogP contribution in [0.25, 0.3) is 0 Å². The Morgan fingerprint density at radius 1 is 1.15 bits per heavy atom. The molecular weight excluding hydrogens is 330 g/mol. The molecule has 27 heavy (non-hydrogen) atoms. The van der Waals surface area contributed by atoms with Crippen molar-refractivity contribution in [1.82, 2.24) is 4.90 Å². The molecule has 1 fully saturated rings. The second-order valence-corrected chi connectivity index (χ2v) is 8.53. The van der Waals surface area contributed by atoms with E-state index in [2.05, 4.69) is 69.0 Å². The Balaban J connectivity index is 0.00000176. The molecule has 2 rings (SSSR count). The van der Waals surface area contributed by atoms with E-state index in [1.54, 1.807) is 0 Å². The van der Waals surface area contributed by atoms with E-state index in [1.807, 2.05) is 21.0 Å². The van der Waals surface area contributed by atoms with Crippen LogP contribution in [0.1, 0.15) is 72.8 Å². The van der Waals surface area contributed by atoms with Gasteiger partial charge < -0.3 is 4.74 Å². The lowest BCUT2D eigenvalue weighted by Gasteiger charge is -2.40. The number of benzene rings is 1. The number of hydrogen-bond donors (Lipinski definition) is 0. The molecule has 0 radical (unpaired) electrons. The first-order valence-corrected chi connectivity index (χ1v) is 10.9. The van der Waals surface area contributed by atoms with Crippen LogP contribution in [0.15, 0.2) is 42.0 Å². The number of ether oxygens (including phenoxy) is 1. The van der Waals surface area contributed by atoms with Crippen molar-refractivity contribution >= 4 is 0 Å². The van der Waals surface area contributed by atoms with Gasteiger partial charge in [-0.1, -0.05) is 69.7 Å². The molecule has 1 aromatic rings. The van der Waals surface area contributed by atoms with E-state index in [0.29, 0.717) is 6.04 Å². The van der Waals surface area contributed by atoms with Crippen molar-refractivity contribution in [2.24, 2.45) is 5.92 Å². The summed E-state index contributed by atoms with van der Waals surface area (Å²) in [7, 11) is 1.81. The third kappa shape index (κ3) is 8.19. The Bertz CT molecular complexity index is 523. The van der Waals surface area contributed by atoms with Crippen molar-refractivity contribution in [2.75, 3.05) is 26.8 Å². The van der Waals surface area contributed by atoms with Crippen molar-refractivity contribution in [3.8, 4) is 0 Å². The summed E-state index contributed by atoms with van der Waals surface area (Å²) >= 11 is 0. The summed E-state index contributed by atoms with van der Waals surface area (Å²) in [5, 5.41) is 0. The molecule has 1 unspecified atom stereocenters. The van der Waals surface area contributed by atoms with Crippen LogP contribution in [0.2, 0.25) is 0 Å². The largest absolute Gasteiger partial charge is 0.385 e. The predicted molar refractivity (Wildman–Crippen MR) is 119 cm³/mol. The van der Waals surface area contributed by atoms with Gasteiger partial charge in [0.15, 0.2) is 0 Å². The molecule has 1 saturated heterocycles. The van der Waals surface area contributed by atoms with Gasteiger partial charge in [0.25, 0.3) is 0 Å². The van der Waals surface area contributed by atoms with E-state index < -0.39 is 0 Å². The van der Waals surface area contributed by atoms with Crippen LogP contribution in [0.5, 0.6) is 0 Å². The van der Waals surface area contributed by atoms with Gasteiger partial charge in [0.2, 0.25) is 0 Å². The van der Waals surface area contributed by atoms with Gasteiger partial charge in [-0.2, -0.15) is 0 Å². The number of piperidine rings is 1. The second kappa shape index (κ2) is 12.4. The normalized spacial score (nSPS) is 17.0. The average molecular weight is 374 g/mol. The lowest BCUT2D eigenvalue weighted by atomic mass is 9.78. The summed E-state index contributed by atoms with van der Waals surface area (Å²) in [6, 6.07) is 11.5. The fourth-order valence-electron chi connectivity index (χ4n) is 4.07. The topological polar surface area (TPSA) is 12.5 Å². The summed E-state index contributed by atoms with van der Waals surface area (Å²) in [6.45, 7) is 16.6. The Kier molecular flexibility index (Phi) is 10.9. The van der Waals surface area contributed by atoms with Gasteiger partial charge in [0, 0.05) is 19.8 Å². The number of rotatable bonds is 8. The highest BCUT2D eigenvalue weighted by Gasteiger charge is 2.30. The number of nitrogens with zero attached hydrogens (tertiary/aromatic N) is 1. The first-order valence-electron chi connectivity index (χ1n) is 10.9. The highest BCUT2D eigenvalue weighted by molar-refractivity contribution is 5.24. The predicted octanol–water partition coefficient (Wildman–Crippen LogP) is 6.46. The smallest absolute Gasteiger partial charge is 0.0464 e. The average Bonchev–Trinajstić information content (AvgIpc) is 2.68. The first-order chi connectivity index (χ1) is 12.9. The number of likely N-dealkylation sites (tertiary alicyclic amines) is 1. The molecule has 2 nitrogen and oxygen atoms in total. The highest BCUT2D eigenvalue weighted by atomic mass is 16.5. The maximum atomic E-state index is 5.26. The summed E-state index contributed by atoms with van der Waals surface area (Å²) in [5.74, 6) is 0.839. The minimum absolute atomic E-state index is 0.185. The standard InChI is InChI=1S/C23H37NO.C2H6/c1-19(2)17-22(18-23(3,4)21-9-7-6-8-10-21)24-14-11-20(12-15-24)13-16-25-5;1-2/h6-10,17,20,22H,11-16,18H2,1-5H3;1-2H3. The summed E-state index contributed by atoms with van der Waals surface area (Å²) in [4.78, 5) is 2.71. The van der Waals surface area contributed by atoms with Crippen LogP contribution in [0.4, 0.5) is 0 Å². The molecule has 154 valence electrons. The third-order valence-electron chi connectivity index (χ3n) is 5.65. The van der Waals surface area contributed by atoms with Crippen molar-refractivity contribution in [3.63, 3.8) is 0 Å².